The fourth-order valence-corrected chi connectivity index (χ4v) is 3.37. The Hall–Kier alpha value is -1.46. The molecule has 0 aromatic heterocycles. The predicted octanol–water partition coefficient (Wildman–Crippen LogP) is 3.72. The summed E-state index contributed by atoms with van der Waals surface area (Å²) in [5, 5.41) is 11.2. The van der Waals surface area contributed by atoms with Gasteiger partial charge in [0.2, 0.25) is 0 Å². The summed E-state index contributed by atoms with van der Waals surface area (Å²) in [7, 11) is 0. The SMILES string of the molecule is O[C@@H](CN1CCCN(Cc2ccc(Cl)cc2)CC1)c1ccc(F)cc1. The van der Waals surface area contributed by atoms with Crippen molar-refractivity contribution < 1.29 is 9.50 Å². The quantitative estimate of drug-likeness (QED) is 0.878. The molecule has 1 atom stereocenters. The van der Waals surface area contributed by atoms with Crippen LogP contribution >= 0.6 is 11.6 Å². The lowest BCUT2D eigenvalue weighted by Crippen LogP contribution is -2.33. The zero-order valence-corrected chi connectivity index (χ0v) is 15.0. The monoisotopic (exact) mass is 362 g/mol. The molecule has 25 heavy (non-hydrogen) atoms. The van der Waals surface area contributed by atoms with Crippen LogP contribution in [0.2, 0.25) is 5.02 Å². The summed E-state index contributed by atoms with van der Waals surface area (Å²) >= 11 is 5.94. The van der Waals surface area contributed by atoms with E-state index in [1.165, 1.54) is 17.7 Å². The molecule has 5 heteroatoms. The molecular formula is C20H24ClFN2O. The van der Waals surface area contributed by atoms with Crippen LogP contribution in [0.15, 0.2) is 48.5 Å². The van der Waals surface area contributed by atoms with E-state index >= 15 is 0 Å². The summed E-state index contributed by atoms with van der Waals surface area (Å²) in [5.41, 5.74) is 2.04. The highest BCUT2D eigenvalue weighted by Gasteiger charge is 2.18. The minimum absolute atomic E-state index is 0.274. The van der Waals surface area contributed by atoms with Gasteiger partial charge >= 0.3 is 0 Å². The van der Waals surface area contributed by atoms with Crippen LogP contribution in [-0.4, -0.2) is 47.6 Å². The van der Waals surface area contributed by atoms with Crippen molar-refractivity contribution in [3.8, 4) is 0 Å². The lowest BCUT2D eigenvalue weighted by Gasteiger charge is -2.24. The molecule has 0 saturated carbocycles. The fourth-order valence-electron chi connectivity index (χ4n) is 3.25. The van der Waals surface area contributed by atoms with Crippen molar-refractivity contribution in [1.82, 2.24) is 9.80 Å². The molecule has 3 rings (SSSR count). The molecule has 1 fully saturated rings. The molecule has 1 heterocycles. The Labute approximate surface area is 153 Å². The van der Waals surface area contributed by atoms with Gasteiger partial charge in [0.05, 0.1) is 6.10 Å². The van der Waals surface area contributed by atoms with Gasteiger partial charge in [-0.05, 0) is 54.9 Å². The average molecular weight is 363 g/mol. The Bertz CT molecular complexity index is 662. The Morgan fingerprint density at radius 2 is 1.56 bits per heavy atom. The van der Waals surface area contributed by atoms with Crippen molar-refractivity contribution in [2.24, 2.45) is 0 Å². The minimum Gasteiger partial charge on any atom is -0.387 e. The van der Waals surface area contributed by atoms with Crippen LogP contribution in [0.3, 0.4) is 0 Å². The molecule has 1 aliphatic rings. The number of benzene rings is 2. The molecule has 0 aliphatic carbocycles. The average Bonchev–Trinajstić information content (AvgIpc) is 2.83. The summed E-state index contributed by atoms with van der Waals surface area (Å²) in [6.45, 7) is 5.41. The molecule has 2 aromatic rings. The van der Waals surface area contributed by atoms with E-state index in [0.29, 0.717) is 6.54 Å². The van der Waals surface area contributed by atoms with Crippen LogP contribution in [0.4, 0.5) is 4.39 Å². The van der Waals surface area contributed by atoms with Crippen molar-refractivity contribution in [2.45, 2.75) is 19.1 Å². The molecule has 0 radical (unpaired) electrons. The van der Waals surface area contributed by atoms with E-state index in [2.05, 4.69) is 21.9 Å². The molecule has 0 bridgehead atoms. The molecule has 1 saturated heterocycles. The second kappa shape index (κ2) is 8.77. The number of nitrogens with zero attached hydrogens (tertiary/aromatic N) is 2. The summed E-state index contributed by atoms with van der Waals surface area (Å²) in [4.78, 5) is 4.73. The van der Waals surface area contributed by atoms with E-state index in [1.807, 2.05) is 12.1 Å². The number of hydrogen-bond acceptors (Lipinski definition) is 3. The minimum atomic E-state index is -0.580. The predicted molar refractivity (Wildman–Crippen MR) is 99.1 cm³/mol. The molecule has 0 amide bonds. The summed E-state index contributed by atoms with van der Waals surface area (Å²) in [6, 6.07) is 14.1. The van der Waals surface area contributed by atoms with Crippen LogP contribution in [0, 0.1) is 5.82 Å². The molecule has 0 spiro atoms. The second-order valence-electron chi connectivity index (χ2n) is 6.62. The zero-order chi connectivity index (χ0) is 17.6. The van der Waals surface area contributed by atoms with E-state index < -0.39 is 6.10 Å². The van der Waals surface area contributed by atoms with E-state index in [0.717, 1.165) is 49.7 Å². The van der Waals surface area contributed by atoms with Crippen LogP contribution < -0.4 is 0 Å². The molecule has 134 valence electrons. The number of β-amino-alcohol motifs (C(OH)–C–C–N with tert-alkyl or cyclic N) is 1. The highest BCUT2D eigenvalue weighted by atomic mass is 35.5. The lowest BCUT2D eigenvalue weighted by molar-refractivity contribution is 0.114. The van der Waals surface area contributed by atoms with Crippen LogP contribution in [0.1, 0.15) is 23.7 Å². The summed E-state index contributed by atoms with van der Waals surface area (Å²) in [5.74, 6) is -0.274. The number of aliphatic hydroxyl groups is 1. The first-order valence-electron chi connectivity index (χ1n) is 8.73. The number of halogens is 2. The standard InChI is InChI=1S/C20H24ClFN2O/c21-18-6-2-16(3-7-18)14-23-10-1-11-24(13-12-23)15-20(25)17-4-8-19(22)9-5-17/h2-9,20,25H,1,10-15H2/t20-/m0/s1. The number of rotatable bonds is 5. The van der Waals surface area contributed by atoms with Gasteiger partial charge in [0.15, 0.2) is 0 Å². The number of hydrogen-bond donors (Lipinski definition) is 1. The summed E-state index contributed by atoms with van der Waals surface area (Å²) in [6.07, 6.45) is 0.493. The Kier molecular flexibility index (Phi) is 6.43. The van der Waals surface area contributed by atoms with Gasteiger partial charge in [-0.3, -0.25) is 9.80 Å². The van der Waals surface area contributed by atoms with Crippen molar-refractivity contribution in [3.05, 3.63) is 70.5 Å². The third-order valence-electron chi connectivity index (χ3n) is 4.69. The van der Waals surface area contributed by atoms with E-state index in [-0.39, 0.29) is 5.82 Å². The van der Waals surface area contributed by atoms with E-state index in [4.69, 9.17) is 11.6 Å². The Morgan fingerprint density at radius 1 is 0.920 bits per heavy atom. The summed E-state index contributed by atoms with van der Waals surface area (Å²) < 4.78 is 13.0. The normalized spacial score (nSPS) is 18.0. The first-order valence-corrected chi connectivity index (χ1v) is 9.10. The maximum atomic E-state index is 13.0. The van der Waals surface area contributed by atoms with Gasteiger partial charge < -0.3 is 5.11 Å². The van der Waals surface area contributed by atoms with Crippen LogP contribution in [0.5, 0.6) is 0 Å². The Balaban J connectivity index is 1.51. The number of aliphatic hydroxyl groups excluding tert-OH is 1. The van der Waals surface area contributed by atoms with Gasteiger partial charge in [0.25, 0.3) is 0 Å². The molecule has 1 N–H and O–H groups in total. The molecule has 3 nitrogen and oxygen atoms in total. The fraction of sp³-hybridized carbons (Fsp3) is 0.400. The van der Waals surface area contributed by atoms with Gasteiger partial charge in [-0.2, -0.15) is 0 Å². The topological polar surface area (TPSA) is 26.7 Å². The molecule has 0 unspecified atom stereocenters. The van der Waals surface area contributed by atoms with Gasteiger partial charge in [-0.1, -0.05) is 35.9 Å². The lowest BCUT2D eigenvalue weighted by atomic mass is 10.1. The highest BCUT2D eigenvalue weighted by molar-refractivity contribution is 6.30. The zero-order valence-electron chi connectivity index (χ0n) is 14.2. The van der Waals surface area contributed by atoms with Crippen molar-refractivity contribution in [3.63, 3.8) is 0 Å². The van der Waals surface area contributed by atoms with Crippen molar-refractivity contribution in [1.29, 1.82) is 0 Å². The van der Waals surface area contributed by atoms with E-state index in [9.17, 15) is 9.50 Å². The van der Waals surface area contributed by atoms with Gasteiger partial charge in [0.1, 0.15) is 5.82 Å². The smallest absolute Gasteiger partial charge is 0.123 e. The van der Waals surface area contributed by atoms with Crippen LogP contribution in [-0.2, 0) is 6.54 Å². The maximum absolute atomic E-state index is 13.0. The Morgan fingerprint density at radius 3 is 2.28 bits per heavy atom. The van der Waals surface area contributed by atoms with Gasteiger partial charge in [0, 0.05) is 31.2 Å². The van der Waals surface area contributed by atoms with Crippen LogP contribution in [0.25, 0.3) is 0 Å². The van der Waals surface area contributed by atoms with Gasteiger partial charge in [-0.15, -0.1) is 0 Å². The molecule has 2 aromatic carbocycles. The largest absolute Gasteiger partial charge is 0.387 e. The molecule has 1 aliphatic heterocycles. The first-order chi connectivity index (χ1) is 12.1. The maximum Gasteiger partial charge on any atom is 0.123 e. The van der Waals surface area contributed by atoms with E-state index in [1.54, 1.807) is 12.1 Å². The molecular weight excluding hydrogens is 339 g/mol. The highest BCUT2D eigenvalue weighted by Crippen LogP contribution is 2.17. The third kappa shape index (κ3) is 5.51. The van der Waals surface area contributed by atoms with Crippen molar-refractivity contribution in [2.75, 3.05) is 32.7 Å². The third-order valence-corrected chi connectivity index (χ3v) is 4.94. The van der Waals surface area contributed by atoms with Crippen molar-refractivity contribution >= 4 is 11.6 Å². The van der Waals surface area contributed by atoms with Gasteiger partial charge in [-0.25, -0.2) is 4.39 Å². The second-order valence-corrected chi connectivity index (χ2v) is 7.06. The first kappa shape index (κ1) is 18.3.